The molecule has 0 fully saturated rings. The van der Waals surface area contributed by atoms with Gasteiger partial charge in [0.05, 0.1) is 0 Å². The Hall–Kier alpha value is -1.73. The molecule has 0 aliphatic carbocycles. The van der Waals surface area contributed by atoms with Crippen molar-refractivity contribution < 1.29 is 0 Å². The number of rotatable bonds is 2. The third-order valence-corrected chi connectivity index (χ3v) is 1.50. The van der Waals surface area contributed by atoms with Crippen LogP contribution in [-0.4, -0.2) is 0 Å². The van der Waals surface area contributed by atoms with Crippen molar-refractivity contribution in [3.63, 3.8) is 0 Å². The van der Waals surface area contributed by atoms with Gasteiger partial charge in [0.25, 0.3) is 0 Å². The highest BCUT2D eigenvalue weighted by atomic mass is 15.1. The molecule has 0 N–H and O–H groups in total. The zero-order valence-corrected chi connectivity index (χ0v) is 6.81. The molecule has 1 aromatic rings. The molecule has 0 spiro atoms. The van der Waals surface area contributed by atoms with Crippen molar-refractivity contribution in [3.05, 3.63) is 52.4 Å². The summed E-state index contributed by atoms with van der Waals surface area (Å²) in [7, 11) is 0. The highest BCUT2D eigenvalue weighted by Crippen LogP contribution is 2.14. The van der Waals surface area contributed by atoms with E-state index < -0.39 is 0 Å². The van der Waals surface area contributed by atoms with Crippen molar-refractivity contribution in [2.75, 3.05) is 0 Å². The molecular formula is C9H9N3. The van der Waals surface area contributed by atoms with Crippen LogP contribution in [0.4, 0.5) is 0 Å². The third-order valence-electron chi connectivity index (χ3n) is 1.50. The second kappa shape index (κ2) is 4.21. The summed E-state index contributed by atoms with van der Waals surface area (Å²) < 4.78 is 0. The van der Waals surface area contributed by atoms with E-state index in [2.05, 4.69) is 10.0 Å². The predicted octanol–water partition coefficient (Wildman–Crippen LogP) is 3.36. The number of allylic oxidation sites excluding steroid dienone is 1. The van der Waals surface area contributed by atoms with Crippen LogP contribution in [0.2, 0.25) is 0 Å². The monoisotopic (exact) mass is 159 g/mol. The van der Waals surface area contributed by atoms with E-state index in [-0.39, 0.29) is 0 Å². The summed E-state index contributed by atoms with van der Waals surface area (Å²) in [5, 5.41) is 3.55. The Bertz CT molecular complexity index is 321. The van der Waals surface area contributed by atoms with Crippen LogP contribution in [0.3, 0.4) is 0 Å². The molecule has 1 rings (SSSR count). The van der Waals surface area contributed by atoms with Gasteiger partial charge in [0, 0.05) is 10.6 Å². The number of benzene rings is 1. The van der Waals surface area contributed by atoms with Crippen LogP contribution in [-0.2, 0) is 0 Å². The van der Waals surface area contributed by atoms with E-state index in [0.29, 0.717) is 5.70 Å². The van der Waals surface area contributed by atoms with Gasteiger partial charge in [-0.25, -0.2) is 0 Å². The Morgan fingerprint density at radius 2 is 2.08 bits per heavy atom. The Morgan fingerprint density at radius 1 is 1.42 bits per heavy atom. The first-order chi connectivity index (χ1) is 5.88. The summed E-state index contributed by atoms with van der Waals surface area (Å²) in [5.74, 6) is 0. The van der Waals surface area contributed by atoms with Gasteiger partial charge in [-0.1, -0.05) is 41.5 Å². The highest BCUT2D eigenvalue weighted by molar-refractivity contribution is 5.63. The SMILES string of the molecule is C/C=C(/N=[N+]=[N-])c1ccccc1. The second-order valence-electron chi connectivity index (χ2n) is 2.23. The van der Waals surface area contributed by atoms with Gasteiger partial charge in [0.15, 0.2) is 0 Å². The zero-order valence-electron chi connectivity index (χ0n) is 6.81. The molecule has 0 unspecified atom stereocenters. The average Bonchev–Trinajstić information content (AvgIpc) is 2.15. The van der Waals surface area contributed by atoms with Crippen molar-refractivity contribution >= 4 is 5.70 Å². The van der Waals surface area contributed by atoms with Gasteiger partial charge in [-0.05, 0) is 18.0 Å². The van der Waals surface area contributed by atoms with Crippen molar-refractivity contribution in [2.24, 2.45) is 5.11 Å². The molecule has 3 nitrogen and oxygen atoms in total. The summed E-state index contributed by atoms with van der Waals surface area (Å²) in [4.78, 5) is 2.74. The predicted molar refractivity (Wildman–Crippen MR) is 49.2 cm³/mol. The van der Waals surface area contributed by atoms with Gasteiger partial charge in [-0.3, -0.25) is 0 Å². The molecule has 12 heavy (non-hydrogen) atoms. The molecule has 0 heterocycles. The normalized spacial score (nSPS) is 10.6. The molecule has 0 aliphatic rings. The summed E-state index contributed by atoms with van der Waals surface area (Å²) in [6.45, 7) is 1.84. The third kappa shape index (κ3) is 1.87. The molecule has 0 bridgehead atoms. The minimum Gasteiger partial charge on any atom is -0.0775 e. The van der Waals surface area contributed by atoms with Crippen LogP contribution in [0.15, 0.2) is 41.5 Å². The Balaban J connectivity index is 3.05. The fourth-order valence-electron chi connectivity index (χ4n) is 0.939. The minimum atomic E-state index is 0.665. The fraction of sp³-hybridized carbons (Fsp3) is 0.111. The van der Waals surface area contributed by atoms with Crippen LogP contribution in [0.1, 0.15) is 12.5 Å². The maximum absolute atomic E-state index is 8.25. The van der Waals surface area contributed by atoms with E-state index in [1.807, 2.05) is 37.3 Å². The molecule has 0 saturated carbocycles. The Kier molecular flexibility index (Phi) is 2.94. The van der Waals surface area contributed by atoms with Gasteiger partial charge in [-0.15, -0.1) is 0 Å². The average molecular weight is 159 g/mol. The van der Waals surface area contributed by atoms with E-state index in [4.69, 9.17) is 5.53 Å². The molecule has 0 aliphatic heterocycles. The molecule has 1 aromatic carbocycles. The molecule has 3 heteroatoms. The summed E-state index contributed by atoms with van der Waals surface area (Å²) in [6, 6.07) is 9.55. The quantitative estimate of drug-likeness (QED) is 0.361. The lowest BCUT2D eigenvalue weighted by atomic mass is 10.1. The molecule has 0 saturated heterocycles. The first kappa shape index (κ1) is 8.37. The van der Waals surface area contributed by atoms with Crippen molar-refractivity contribution in [3.8, 4) is 0 Å². The van der Waals surface area contributed by atoms with Crippen LogP contribution in [0.25, 0.3) is 16.1 Å². The van der Waals surface area contributed by atoms with E-state index in [1.54, 1.807) is 6.08 Å². The molecular weight excluding hydrogens is 150 g/mol. The minimum absolute atomic E-state index is 0.665. The van der Waals surface area contributed by atoms with Gasteiger partial charge in [0.2, 0.25) is 0 Å². The Labute approximate surface area is 71.0 Å². The molecule has 0 atom stereocenters. The van der Waals surface area contributed by atoms with Crippen molar-refractivity contribution in [1.82, 2.24) is 0 Å². The standard InChI is InChI=1S/C9H9N3/c1-2-9(11-12-10)8-6-4-3-5-7-8/h2-7H,1H3/b9-2+. The summed E-state index contributed by atoms with van der Waals surface area (Å²) in [6.07, 6.45) is 1.79. The fourth-order valence-corrected chi connectivity index (χ4v) is 0.939. The smallest absolute Gasteiger partial charge is 0.0405 e. The van der Waals surface area contributed by atoms with Gasteiger partial charge in [0.1, 0.15) is 0 Å². The zero-order chi connectivity index (χ0) is 8.81. The second-order valence-corrected chi connectivity index (χ2v) is 2.23. The number of azide groups is 1. The van der Waals surface area contributed by atoms with Crippen LogP contribution >= 0.6 is 0 Å². The number of hydrogen-bond acceptors (Lipinski definition) is 1. The Morgan fingerprint density at radius 3 is 2.58 bits per heavy atom. The largest absolute Gasteiger partial charge is 0.0775 e. The molecule has 0 aromatic heterocycles. The van der Waals surface area contributed by atoms with Crippen LogP contribution < -0.4 is 0 Å². The number of hydrogen-bond donors (Lipinski definition) is 0. The lowest BCUT2D eigenvalue weighted by Crippen LogP contribution is -1.76. The molecule has 60 valence electrons. The highest BCUT2D eigenvalue weighted by Gasteiger charge is 1.93. The molecule has 0 radical (unpaired) electrons. The molecule has 0 amide bonds. The van der Waals surface area contributed by atoms with Gasteiger partial charge >= 0.3 is 0 Å². The van der Waals surface area contributed by atoms with Crippen LogP contribution in [0.5, 0.6) is 0 Å². The van der Waals surface area contributed by atoms with E-state index in [9.17, 15) is 0 Å². The lowest BCUT2D eigenvalue weighted by Gasteiger charge is -1.97. The van der Waals surface area contributed by atoms with Crippen molar-refractivity contribution in [1.29, 1.82) is 0 Å². The van der Waals surface area contributed by atoms with E-state index in [1.165, 1.54) is 0 Å². The first-order valence-electron chi connectivity index (χ1n) is 3.65. The number of nitrogens with zero attached hydrogens (tertiary/aromatic N) is 3. The topological polar surface area (TPSA) is 48.8 Å². The summed E-state index contributed by atoms with van der Waals surface area (Å²) in [5.41, 5.74) is 9.85. The lowest BCUT2D eigenvalue weighted by molar-refractivity contribution is 1.45. The maximum atomic E-state index is 8.25. The van der Waals surface area contributed by atoms with E-state index in [0.717, 1.165) is 5.56 Å². The van der Waals surface area contributed by atoms with Crippen LogP contribution in [0, 0.1) is 0 Å². The maximum Gasteiger partial charge on any atom is 0.0405 e. The van der Waals surface area contributed by atoms with Gasteiger partial charge < -0.3 is 0 Å². The van der Waals surface area contributed by atoms with Crippen molar-refractivity contribution in [2.45, 2.75) is 6.92 Å². The first-order valence-corrected chi connectivity index (χ1v) is 3.65. The van der Waals surface area contributed by atoms with E-state index >= 15 is 0 Å². The van der Waals surface area contributed by atoms with Gasteiger partial charge in [-0.2, -0.15) is 0 Å². The summed E-state index contributed by atoms with van der Waals surface area (Å²) >= 11 is 0.